The van der Waals surface area contributed by atoms with Crippen LogP contribution >= 0.6 is 0 Å². The molecule has 5 aliphatic rings. The highest BCUT2D eigenvalue weighted by atomic mass is 32.2. The molecule has 0 unspecified atom stereocenters. The minimum atomic E-state index is -4.89. The maximum absolute atomic E-state index is 14.7. The molecule has 57 heavy (non-hydrogen) atoms. The first-order valence-electron chi connectivity index (χ1n) is 19.8. The molecule has 5 atom stereocenters. The number of aryl methyl sites for hydroxylation is 2. The minimum Gasteiger partial charge on any atom is -0.483 e. The van der Waals surface area contributed by atoms with Gasteiger partial charge in [0, 0.05) is 23.3 Å². The second-order valence-electron chi connectivity index (χ2n) is 17.2. The second-order valence-corrected chi connectivity index (χ2v) is 19.4. The summed E-state index contributed by atoms with van der Waals surface area (Å²) >= 11 is 0. The molecule has 0 radical (unpaired) electrons. The lowest BCUT2D eigenvalue weighted by Crippen LogP contribution is -2.58. The number of halogens is 3. The molecule has 2 aliphatic carbocycles. The first kappa shape index (κ1) is 40.8. The number of rotatable bonds is 6. The van der Waals surface area contributed by atoms with E-state index in [2.05, 4.69) is 20.3 Å². The number of allylic oxidation sites excluding steroid dienone is 1. The van der Waals surface area contributed by atoms with Gasteiger partial charge < -0.3 is 25.0 Å². The molecule has 3 N–H and O–H groups in total. The van der Waals surface area contributed by atoms with Crippen molar-refractivity contribution < 1.29 is 50.2 Å². The summed E-state index contributed by atoms with van der Waals surface area (Å²) in [6.45, 7) is 6.86. The van der Waals surface area contributed by atoms with Gasteiger partial charge in [-0.2, -0.15) is 13.2 Å². The second kappa shape index (κ2) is 14.8. The minimum absolute atomic E-state index is 0.0142. The molecule has 2 saturated carbocycles. The van der Waals surface area contributed by atoms with Crippen molar-refractivity contribution in [1.29, 1.82) is 0 Å². The third kappa shape index (κ3) is 8.04. The van der Waals surface area contributed by atoms with Crippen LogP contribution in [-0.2, 0) is 41.7 Å². The number of fused-ring (bicyclic) bond motifs is 5. The molecular formula is C40H50F3N5O8S. The van der Waals surface area contributed by atoms with Crippen LogP contribution in [-0.4, -0.2) is 83.2 Å². The number of pyridine rings is 1. The lowest BCUT2D eigenvalue weighted by Gasteiger charge is -2.37. The predicted molar refractivity (Wildman–Crippen MR) is 202 cm³/mol. The van der Waals surface area contributed by atoms with Crippen molar-refractivity contribution >= 4 is 44.7 Å². The van der Waals surface area contributed by atoms with Crippen molar-refractivity contribution in [2.45, 2.75) is 132 Å². The van der Waals surface area contributed by atoms with Gasteiger partial charge in [0.2, 0.25) is 21.8 Å². The molecule has 4 amide bonds. The number of hydrogen-bond donors (Lipinski definition) is 3. The van der Waals surface area contributed by atoms with E-state index in [-0.39, 0.29) is 56.7 Å². The van der Waals surface area contributed by atoms with E-state index in [1.165, 1.54) is 17.9 Å². The Hall–Kier alpha value is -4.41. The van der Waals surface area contributed by atoms with Crippen LogP contribution in [0.5, 0.6) is 5.75 Å². The number of alkyl carbamates (subject to hydrolysis) is 1. The van der Waals surface area contributed by atoms with Crippen molar-refractivity contribution in [1.82, 2.24) is 25.2 Å². The topological polar surface area (TPSA) is 173 Å². The average Bonchev–Trinajstić information content (AvgIpc) is 4.03. The number of sulfonamides is 1. The number of carbonyl (C=O) groups is 4. The van der Waals surface area contributed by atoms with Gasteiger partial charge in [-0.05, 0) is 83.3 Å². The van der Waals surface area contributed by atoms with Gasteiger partial charge >= 0.3 is 12.3 Å². The first-order chi connectivity index (χ1) is 26.8. The summed E-state index contributed by atoms with van der Waals surface area (Å²) in [4.78, 5) is 61.3. The fourth-order valence-corrected chi connectivity index (χ4v) is 9.57. The van der Waals surface area contributed by atoms with E-state index in [4.69, 9.17) is 9.47 Å². The van der Waals surface area contributed by atoms with Gasteiger partial charge in [-0.3, -0.25) is 19.1 Å². The van der Waals surface area contributed by atoms with Crippen molar-refractivity contribution in [2.24, 2.45) is 11.8 Å². The fourth-order valence-electron chi connectivity index (χ4n) is 8.26. The molecule has 3 aliphatic heterocycles. The Bertz CT molecular complexity index is 2120. The van der Waals surface area contributed by atoms with Gasteiger partial charge in [0.05, 0.1) is 23.4 Å². The molecule has 17 heteroatoms. The molecule has 1 spiro atoms. The predicted octanol–water partition coefficient (Wildman–Crippen LogP) is 5.37. The van der Waals surface area contributed by atoms with Gasteiger partial charge in [-0.15, -0.1) is 0 Å². The lowest BCUT2D eigenvalue weighted by atomic mass is 9.86. The van der Waals surface area contributed by atoms with Crippen LogP contribution in [0.4, 0.5) is 18.0 Å². The highest BCUT2D eigenvalue weighted by Crippen LogP contribution is 2.50. The summed E-state index contributed by atoms with van der Waals surface area (Å²) in [5, 5.41) is 5.97. The number of ether oxygens (including phenoxy) is 2. The van der Waals surface area contributed by atoms with Crippen LogP contribution < -0.4 is 20.1 Å². The van der Waals surface area contributed by atoms with Gasteiger partial charge in [0.25, 0.3) is 5.91 Å². The third-order valence-electron chi connectivity index (χ3n) is 12.1. The van der Waals surface area contributed by atoms with E-state index in [9.17, 15) is 40.8 Å². The monoisotopic (exact) mass is 817 g/mol. The zero-order chi connectivity index (χ0) is 41.1. The highest BCUT2D eigenvalue weighted by molar-refractivity contribution is 7.91. The van der Waals surface area contributed by atoms with E-state index in [0.29, 0.717) is 49.5 Å². The van der Waals surface area contributed by atoms with Crippen LogP contribution in [0.3, 0.4) is 0 Å². The molecule has 1 aromatic carbocycles. The smallest absolute Gasteiger partial charge is 0.437 e. The Morgan fingerprint density at radius 3 is 2.58 bits per heavy atom. The number of alkyl halides is 3. The van der Waals surface area contributed by atoms with Crippen LogP contribution in [0.15, 0.2) is 30.4 Å². The Labute approximate surface area is 329 Å². The van der Waals surface area contributed by atoms with Crippen LogP contribution in [0, 0.1) is 18.8 Å². The number of nitrogens with one attached hydrogen (secondary N) is 3. The van der Waals surface area contributed by atoms with Gasteiger partial charge in [0.1, 0.15) is 23.2 Å². The van der Waals surface area contributed by atoms with Gasteiger partial charge in [-0.25, -0.2) is 18.2 Å². The number of carbonyl (C=O) groups excluding carboxylic acids is 4. The normalized spacial score (nSPS) is 29.2. The SMILES string of the molecule is Cc1ccc2nc(C(F)(F)F)c3c(c2c1)CC[C@]1(C[C@H]2C(=O)N[C@]4(C(=O)NS(=O)(=O)C5(C)CC5)C[C@H]4/C=C\CCCCC[C@H](NC(=O)OCC(C)C)C(=O)N2C1)O3. The van der Waals surface area contributed by atoms with E-state index < -0.39 is 85.3 Å². The summed E-state index contributed by atoms with van der Waals surface area (Å²) in [5.74, 6) is -3.35. The maximum Gasteiger partial charge on any atom is 0.437 e. The van der Waals surface area contributed by atoms with Crippen molar-refractivity contribution in [3.8, 4) is 5.75 Å². The number of amides is 4. The standard InChI is InChI=1S/C40H50F3N5O8S/c1-23(2)21-55-36(52)45-29-11-9-7-5-6-8-10-25-19-39(25,35(51)47-57(53,54)37(4)16-17-37)46-33(49)30-20-38(22-48(30)34(29)50)15-14-26-27-18-24(3)12-13-28(27)44-32(31(26)56-38)40(41,42)43/h8,10,12-13,18,23,25,29-30H,5-7,9,11,14-17,19-22H2,1-4H3,(H,45,52)(H,46,49)(H,47,51)/b10-8-/t25-,29+,30+,38-,39-/m1/s1. The number of aromatic nitrogens is 1. The number of benzene rings is 1. The van der Waals surface area contributed by atoms with Crippen LogP contribution in [0.1, 0.15) is 102 Å². The molecule has 1 saturated heterocycles. The Morgan fingerprint density at radius 1 is 1.12 bits per heavy atom. The summed E-state index contributed by atoms with van der Waals surface area (Å²) in [5.41, 5.74) is -3.06. The molecule has 310 valence electrons. The van der Waals surface area contributed by atoms with E-state index >= 15 is 0 Å². The average molecular weight is 818 g/mol. The first-order valence-corrected chi connectivity index (χ1v) is 21.2. The molecular weight excluding hydrogens is 768 g/mol. The van der Waals surface area contributed by atoms with Crippen molar-refractivity contribution in [3.05, 3.63) is 47.2 Å². The molecule has 0 bridgehead atoms. The zero-order valence-corrected chi connectivity index (χ0v) is 33.4. The third-order valence-corrected chi connectivity index (χ3v) is 14.2. The molecule has 1 aromatic heterocycles. The molecule has 7 rings (SSSR count). The molecule has 2 aromatic rings. The van der Waals surface area contributed by atoms with E-state index in [1.807, 2.05) is 26.8 Å². The lowest BCUT2D eigenvalue weighted by molar-refractivity contribution is -0.144. The molecule has 3 fully saturated rings. The number of hydrogen-bond acceptors (Lipinski definition) is 9. The Kier molecular flexibility index (Phi) is 10.6. The summed E-state index contributed by atoms with van der Waals surface area (Å²) in [6, 6.07) is 2.44. The highest BCUT2D eigenvalue weighted by Gasteiger charge is 2.64. The summed E-state index contributed by atoms with van der Waals surface area (Å²) in [6.07, 6.45) is 1.56. The summed E-state index contributed by atoms with van der Waals surface area (Å²) in [7, 11) is -4.08. The quantitative estimate of drug-likeness (QED) is 0.324. The van der Waals surface area contributed by atoms with Crippen LogP contribution in [0.2, 0.25) is 0 Å². The van der Waals surface area contributed by atoms with Crippen LogP contribution in [0.25, 0.3) is 10.9 Å². The zero-order valence-electron chi connectivity index (χ0n) is 32.6. The van der Waals surface area contributed by atoms with Crippen molar-refractivity contribution in [3.63, 3.8) is 0 Å². The van der Waals surface area contributed by atoms with E-state index in [1.54, 1.807) is 18.2 Å². The fraction of sp³-hybridized carbons (Fsp3) is 0.625. The molecule has 4 heterocycles. The van der Waals surface area contributed by atoms with Crippen molar-refractivity contribution in [2.75, 3.05) is 13.2 Å². The summed E-state index contributed by atoms with van der Waals surface area (Å²) < 4.78 is 83.2. The Balaban J connectivity index is 1.26. The number of nitrogens with zero attached hydrogens (tertiary/aromatic N) is 2. The Morgan fingerprint density at radius 2 is 1.88 bits per heavy atom. The van der Waals surface area contributed by atoms with E-state index in [0.717, 1.165) is 5.56 Å². The van der Waals surface area contributed by atoms with Gasteiger partial charge in [0.15, 0.2) is 11.4 Å². The van der Waals surface area contributed by atoms with Gasteiger partial charge in [-0.1, -0.05) is 50.5 Å². The maximum atomic E-state index is 14.7. The molecule has 13 nitrogen and oxygen atoms in total. The largest absolute Gasteiger partial charge is 0.483 e.